The van der Waals surface area contributed by atoms with Gasteiger partial charge in [-0.1, -0.05) is 5.16 Å². The molecule has 1 aromatic rings. The Hall–Kier alpha value is -1.32. The molecule has 0 aliphatic heterocycles. The number of hydrogen-bond acceptors (Lipinski definition) is 3. The molecule has 0 unspecified atom stereocenters. The number of aryl methyl sites for hydroxylation is 2. The van der Waals surface area contributed by atoms with Gasteiger partial charge < -0.3 is 5.21 Å². The monoisotopic (exact) mass is 181 g/mol. The van der Waals surface area contributed by atoms with Crippen LogP contribution in [-0.4, -0.2) is 20.7 Å². The number of aromatic nitrogens is 2. The minimum Gasteiger partial charge on any atom is -0.411 e. The molecule has 4 heteroatoms. The van der Waals surface area contributed by atoms with Crippen LogP contribution in [0.4, 0.5) is 0 Å². The van der Waals surface area contributed by atoms with E-state index in [1.807, 2.05) is 25.5 Å². The highest BCUT2D eigenvalue weighted by Crippen LogP contribution is 2.13. The predicted octanol–water partition coefficient (Wildman–Crippen LogP) is 1.72. The molecule has 1 aromatic heterocycles. The fraction of sp³-hybridized carbons (Fsp3) is 0.556. The van der Waals surface area contributed by atoms with Gasteiger partial charge in [-0.25, -0.2) is 0 Å². The molecule has 0 aliphatic carbocycles. The van der Waals surface area contributed by atoms with Crippen molar-refractivity contribution in [3.63, 3.8) is 0 Å². The van der Waals surface area contributed by atoms with E-state index in [1.54, 1.807) is 6.92 Å². The van der Waals surface area contributed by atoms with E-state index < -0.39 is 0 Å². The molecule has 13 heavy (non-hydrogen) atoms. The van der Waals surface area contributed by atoms with Crippen molar-refractivity contribution in [1.82, 2.24) is 9.78 Å². The average molecular weight is 181 g/mol. The Morgan fingerprint density at radius 2 is 2.15 bits per heavy atom. The van der Waals surface area contributed by atoms with Gasteiger partial charge in [-0.3, -0.25) is 4.68 Å². The van der Waals surface area contributed by atoms with Gasteiger partial charge in [0.15, 0.2) is 0 Å². The third-order valence-corrected chi connectivity index (χ3v) is 2.19. The molecule has 1 heterocycles. The van der Waals surface area contributed by atoms with E-state index in [1.165, 1.54) is 0 Å². The first-order chi connectivity index (χ1) is 6.11. The lowest BCUT2D eigenvalue weighted by Crippen LogP contribution is -2.01. The normalized spacial score (nSPS) is 12.2. The first kappa shape index (κ1) is 9.77. The third-order valence-electron chi connectivity index (χ3n) is 2.19. The van der Waals surface area contributed by atoms with Crippen molar-refractivity contribution >= 4 is 5.71 Å². The fourth-order valence-electron chi connectivity index (χ4n) is 1.58. The molecule has 0 spiro atoms. The quantitative estimate of drug-likeness (QED) is 0.429. The van der Waals surface area contributed by atoms with Crippen molar-refractivity contribution in [1.29, 1.82) is 0 Å². The maximum Gasteiger partial charge on any atom is 0.0873 e. The van der Waals surface area contributed by atoms with Crippen LogP contribution in [0.5, 0.6) is 0 Å². The van der Waals surface area contributed by atoms with Crippen LogP contribution in [0.1, 0.15) is 30.8 Å². The van der Waals surface area contributed by atoms with Crippen LogP contribution in [0.15, 0.2) is 5.16 Å². The summed E-state index contributed by atoms with van der Waals surface area (Å²) in [4.78, 5) is 0. The van der Waals surface area contributed by atoms with Gasteiger partial charge in [0.2, 0.25) is 0 Å². The van der Waals surface area contributed by atoms with Crippen LogP contribution in [0, 0.1) is 13.8 Å². The van der Waals surface area contributed by atoms with E-state index in [0.29, 0.717) is 5.71 Å². The van der Waals surface area contributed by atoms with Crippen molar-refractivity contribution in [3.8, 4) is 0 Å². The van der Waals surface area contributed by atoms with Crippen LogP contribution in [-0.2, 0) is 6.54 Å². The second-order valence-corrected chi connectivity index (χ2v) is 3.05. The molecule has 0 aromatic carbocycles. The van der Waals surface area contributed by atoms with Crippen LogP contribution in [0.3, 0.4) is 0 Å². The van der Waals surface area contributed by atoms with Gasteiger partial charge in [0, 0.05) is 17.8 Å². The number of nitrogens with zero attached hydrogens (tertiary/aromatic N) is 3. The molecule has 1 rings (SSSR count). The first-order valence-electron chi connectivity index (χ1n) is 4.34. The average Bonchev–Trinajstić information content (AvgIpc) is 2.40. The van der Waals surface area contributed by atoms with Crippen molar-refractivity contribution in [2.24, 2.45) is 5.16 Å². The van der Waals surface area contributed by atoms with E-state index in [2.05, 4.69) is 10.3 Å². The highest BCUT2D eigenvalue weighted by atomic mass is 16.4. The molecular formula is C9H15N3O. The number of hydrogen-bond donors (Lipinski definition) is 1. The van der Waals surface area contributed by atoms with Crippen LogP contribution in [0.25, 0.3) is 0 Å². The predicted molar refractivity (Wildman–Crippen MR) is 51.4 cm³/mol. The lowest BCUT2D eigenvalue weighted by molar-refractivity contribution is 0.319. The lowest BCUT2D eigenvalue weighted by atomic mass is 10.1. The molecule has 72 valence electrons. The summed E-state index contributed by atoms with van der Waals surface area (Å²) >= 11 is 0. The second-order valence-electron chi connectivity index (χ2n) is 3.05. The molecule has 1 N–H and O–H groups in total. The Bertz CT molecular complexity index is 339. The molecule has 0 saturated heterocycles. The summed E-state index contributed by atoms with van der Waals surface area (Å²) < 4.78 is 1.90. The highest BCUT2D eigenvalue weighted by molar-refractivity contribution is 6.00. The molecule has 0 radical (unpaired) electrons. The summed E-state index contributed by atoms with van der Waals surface area (Å²) in [5.74, 6) is 0. The zero-order chi connectivity index (χ0) is 10.0. The van der Waals surface area contributed by atoms with E-state index in [0.717, 1.165) is 23.5 Å². The Kier molecular flexibility index (Phi) is 2.70. The minimum absolute atomic E-state index is 0.620. The Balaban J connectivity index is 3.28. The smallest absolute Gasteiger partial charge is 0.0873 e. The largest absolute Gasteiger partial charge is 0.411 e. The lowest BCUT2D eigenvalue weighted by Gasteiger charge is -2.00. The first-order valence-corrected chi connectivity index (χ1v) is 4.34. The van der Waals surface area contributed by atoms with E-state index in [-0.39, 0.29) is 0 Å². The molecule has 0 aliphatic rings. The minimum atomic E-state index is 0.620. The summed E-state index contributed by atoms with van der Waals surface area (Å²) in [7, 11) is 0. The fourth-order valence-corrected chi connectivity index (χ4v) is 1.58. The maximum atomic E-state index is 8.67. The molecule has 4 nitrogen and oxygen atoms in total. The van der Waals surface area contributed by atoms with Gasteiger partial charge in [-0.15, -0.1) is 0 Å². The molecule has 0 bridgehead atoms. The van der Waals surface area contributed by atoms with Gasteiger partial charge >= 0.3 is 0 Å². The van der Waals surface area contributed by atoms with Gasteiger partial charge in [0.25, 0.3) is 0 Å². The highest BCUT2D eigenvalue weighted by Gasteiger charge is 2.12. The zero-order valence-corrected chi connectivity index (χ0v) is 8.50. The van der Waals surface area contributed by atoms with Crippen molar-refractivity contribution in [2.75, 3.05) is 0 Å². The van der Waals surface area contributed by atoms with E-state index >= 15 is 0 Å². The van der Waals surface area contributed by atoms with Crippen molar-refractivity contribution < 1.29 is 5.21 Å². The van der Waals surface area contributed by atoms with Crippen molar-refractivity contribution in [3.05, 3.63) is 17.0 Å². The summed E-state index contributed by atoms with van der Waals surface area (Å²) in [5, 5.41) is 16.2. The van der Waals surface area contributed by atoms with Gasteiger partial charge in [0.1, 0.15) is 0 Å². The number of oxime groups is 1. The van der Waals surface area contributed by atoms with E-state index in [4.69, 9.17) is 5.21 Å². The molecular weight excluding hydrogens is 166 g/mol. The number of rotatable bonds is 2. The zero-order valence-electron chi connectivity index (χ0n) is 8.50. The van der Waals surface area contributed by atoms with Crippen LogP contribution >= 0.6 is 0 Å². The van der Waals surface area contributed by atoms with Crippen LogP contribution in [0.2, 0.25) is 0 Å². The Labute approximate surface area is 77.9 Å². The maximum absolute atomic E-state index is 8.67. The molecule has 0 amide bonds. The van der Waals surface area contributed by atoms with Crippen LogP contribution < -0.4 is 0 Å². The van der Waals surface area contributed by atoms with Crippen molar-refractivity contribution in [2.45, 2.75) is 34.2 Å². The van der Waals surface area contributed by atoms with Gasteiger partial charge in [-0.05, 0) is 27.7 Å². The summed E-state index contributed by atoms with van der Waals surface area (Å²) in [6.45, 7) is 8.55. The third kappa shape index (κ3) is 1.56. The molecule has 0 saturated carbocycles. The Morgan fingerprint density at radius 3 is 2.54 bits per heavy atom. The molecule has 0 atom stereocenters. The molecule has 0 fully saturated rings. The summed E-state index contributed by atoms with van der Waals surface area (Å²) in [6.07, 6.45) is 0. The standard InChI is InChI=1S/C9H15N3O/c1-5-12-8(4)9(6(2)10-12)7(3)11-13/h13H,5H2,1-4H3/b11-7+. The van der Waals surface area contributed by atoms with Gasteiger partial charge in [-0.2, -0.15) is 5.10 Å². The summed E-state index contributed by atoms with van der Waals surface area (Å²) in [6, 6.07) is 0. The van der Waals surface area contributed by atoms with Gasteiger partial charge in [0.05, 0.1) is 11.4 Å². The van der Waals surface area contributed by atoms with E-state index in [9.17, 15) is 0 Å². The second kappa shape index (κ2) is 3.60. The Morgan fingerprint density at radius 1 is 1.54 bits per heavy atom. The SMILES string of the molecule is CCn1nc(C)c(/C(C)=N/O)c1C. The summed E-state index contributed by atoms with van der Waals surface area (Å²) in [5.41, 5.74) is 3.53. The topological polar surface area (TPSA) is 50.4 Å².